The standard InChI is InChI=1S/C43H54O8/c1-32(27-40(44)47-6)41(50-31-48-28-35-19-11-7-12-20-35)34(3)42(49-30-45-4)33(2)39(46-5)29-51-43(36-21-13-8-14-22-36,37-23-15-9-16-24-37)38-25-17-10-18-26-38/h7-26,32-34,39,41-42H,27-31H2,1-6H3/t32-,33-,34-,39+,41-,42-/m1/s1. The molecule has 0 aliphatic carbocycles. The third-order valence-corrected chi connectivity index (χ3v) is 9.56. The Bertz CT molecular complexity index is 1420. The maximum absolute atomic E-state index is 12.4. The minimum Gasteiger partial charge on any atom is -0.469 e. The van der Waals surface area contributed by atoms with Crippen LogP contribution in [0.4, 0.5) is 0 Å². The zero-order valence-electron chi connectivity index (χ0n) is 30.8. The minimum absolute atomic E-state index is 0.0470. The van der Waals surface area contributed by atoms with Crippen LogP contribution in [0.3, 0.4) is 0 Å². The maximum atomic E-state index is 12.4. The van der Waals surface area contributed by atoms with Gasteiger partial charge in [-0.25, -0.2) is 0 Å². The molecule has 51 heavy (non-hydrogen) atoms. The molecule has 4 aromatic rings. The van der Waals surface area contributed by atoms with Gasteiger partial charge in [0.15, 0.2) is 0 Å². The molecule has 4 aromatic carbocycles. The summed E-state index contributed by atoms with van der Waals surface area (Å²) < 4.78 is 42.6. The Morgan fingerprint density at radius 2 is 1.12 bits per heavy atom. The van der Waals surface area contributed by atoms with E-state index < -0.39 is 23.9 Å². The highest BCUT2D eigenvalue weighted by atomic mass is 16.7. The Labute approximate surface area is 303 Å². The fourth-order valence-corrected chi connectivity index (χ4v) is 6.89. The molecular weight excluding hydrogens is 644 g/mol. The van der Waals surface area contributed by atoms with Crippen molar-refractivity contribution in [2.75, 3.05) is 41.5 Å². The third kappa shape index (κ3) is 10.8. The van der Waals surface area contributed by atoms with Gasteiger partial charge in [0.1, 0.15) is 19.2 Å². The first-order chi connectivity index (χ1) is 24.8. The highest BCUT2D eigenvalue weighted by Crippen LogP contribution is 2.41. The van der Waals surface area contributed by atoms with E-state index in [1.54, 1.807) is 14.2 Å². The average molecular weight is 699 g/mol. The molecule has 8 heteroatoms. The maximum Gasteiger partial charge on any atom is 0.305 e. The number of benzene rings is 4. The van der Waals surface area contributed by atoms with Crippen molar-refractivity contribution in [1.82, 2.24) is 0 Å². The zero-order valence-corrected chi connectivity index (χ0v) is 30.8. The van der Waals surface area contributed by atoms with Gasteiger partial charge in [0, 0.05) is 26.1 Å². The van der Waals surface area contributed by atoms with Gasteiger partial charge in [0.05, 0.1) is 45.1 Å². The molecule has 0 heterocycles. The predicted molar refractivity (Wildman–Crippen MR) is 198 cm³/mol. The third-order valence-electron chi connectivity index (χ3n) is 9.56. The molecule has 0 radical (unpaired) electrons. The molecule has 0 N–H and O–H groups in total. The van der Waals surface area contributed by atoms with E-state index in [0.29, 0.717) is 6.61 Å². The molecule has 0 saturated carbocycles. The molecule has 0 bridgehead atoms. The van der Waals surface area contributed by atoms with E-state index in [-0.39, 0.29) is 50.3 Å². The molecule has 0 aromatic heterocycles. The van der Waals surface area contributed by atoms with Gasteiger partial charge in [-0.2, -0.15) is 0 Å². The fraction of sp³-hybridized carbons (Fsp3) is 0.419. The van der Waals surface area contributed by atoms with Crippen LogP contribution in [-0.2, 0) is 50.2 Å². The Kier molecular flexibility index (Phi) is 16.3. The van der Waals surface area contributed by atoms with Crippen LogP contribution in [-0.4, -0.2) is 65.8 Å². The average Bonchev–Trinajstić information content (AvgIpc) is 3.18. The van der Waals surface area contributed by atoms with Crippen molar-refractivity contribution >= 4 is 5.97 Å². The number of esters is 1. The van der Waals surface area contributed by atoms with E-state index in [2.05, 4.69) is 50.2 Å². The van der Waals surface area contributed by atoms with Crippen molar-refractivity contribution in [2.24, 2.45) is 17.8 Å². The number of hydrogen-bond acceptors (Lipinski definition) is 8. The number of methoxy groups -OCH3 is 3. The number of hydrogen-bond donors (Lipinski definition) is 0. The second kappa shape index (κ2) is 20.8. The van der Waals surface area contributed by atoms with Crippen molar-refractivity contribution < 1.29 is 38.0 Å². The lowest BCUT2D eigenvalue weighted by Crippen LogP contribution is -2.47. The summed E-state index contributed by atoms with van der Waals surface area (Å²) in [5, 5.41) is 0. The molecule has 0 saturated heterocycles. The molecule has 274 valence electrons. The first kappa shape index (κ1) is 39.9. The Balaban J connectivity index is 1.62. The van der Waals surface area contributed by atoms with Crippen molar-refractivity contribution in [3.8, 4) is 0 Å². The van der Waals surface area contributed by atoms with Crippen molar-refractivity contribution in [3.63, 3.8) is 0 Å². The SMILES string of the molecule is COCO[C@@H]([C@H](C)[C@H](OCOCc1ccccc1)[C@H](C)CC(=O)OC)[C@H](C)[C@H](COC(c1ccccc1)(c1ccccc1)c1ccccc1)OC. The van der Waals surface area contributed by atoms with Gasteiger partial charge in [-0.3, -0.25) is 4.79 Å². The van der Waals surface area contributed by atoms with Crippen molar-refractivity contribution in [2.45, 2.75) is 57.7 Å². The lowest BCUT2D eigenvalue weighted by atomic mass is 9.79. The molecule has 0 aliphatic rings. The largest absolute Gasteiger partial charge is 0.469 e. The summed E-state index contributed by atoms with van der Waals surface area (Å²) in [5.74, 6) is -0.914. The van der Waals surface area contributed by atoms with Crippen LogP contribution in [0, 0.1) is 17.8 Å². The Hall–Kier alpha value is -3.89. The van der Waals surface area contributed by atoms with Crippen LogP contribution < -0.4 is 0 Å². The smallest absolute Gasteiger partial charge is 0.305 e. The molecule has 4 rings (SSSR count). The van der Waals surface area contributed by atoms with E-state index in [0.717, 1.165) is 22.3 Å². The van der Waals surface area contributed by atoms with Gasteiger partial charge in [-0.15, -0.1) is 0 Å². The number of ether oxygens (including phenoxy) is 7. The van der Waals surface area contributed by atoms with E-state index in [9.17, 15) is 4.79 Å². The lowest BCUT2D eigenvalue weighted by Gasteiger charge is -2.41. The van der Waals surface area contributed by atoms with Gasteiger partial charge >= 0.3 is 5.97 Å². The number of carbonyl (C=O) groups is 1. The highest BCUT2D eigenvalue weighted by Gasteiger charge is 2.42. The van der Waals surface area contributed by atoms with Gasteiger partial charge in [0.2, 0.25) is 0 Å². The molecule has 0 amide bonds. The van der Waals surface area contributed by atoms with Gasteiger partial charge < -0.3 is 33.2 Å². The van der Waals surface area contributed by atoms with Gasteiger partial charge in [-0.05, 0) is 28.2 Å². The normalized spacial score (nSPS) is 15.3. The zero-order chi connectivity index (χ0) is 36.5. The van der Waals surface area contributed by atoms with Crippen molar-refractivity contribution in [3.05, 3.63) is 144 Å². The quantitative estimate of drug-likeness (QED) is 0.0353. The molecular formula is C43H54O8. The summed E-state index contributed by atoms with van der Waals surface area (Å²) in [5.41, 5.74) is 3.15. The molecule has 0 aliphatic heterocycles. The summed E-state index contributed by atoms with van der Waals surface area (Å²) in [6.45, 7) is 6.92. The van der Waals surface area contributed by atoms with E-state index >= 15 is 0 Å². The predicted octanol–water partition coefficient (Wildman–Crippen LogP) is 8.03. The highest BCUT2D eigenvalue weighted by molar-refractivity contribution is 5.69. The minimum atomic E-state index is -0.911. The van der Waals surface area contributed by atoms with Gasteiger partial charge in [0.25, 0.3) is 0 Å². The van der Waals surface area contributed by atoms with Crippen LogP contribution in [0.5, 0.6) is 0 Å². The second-order valence-electron chi connectivity index (χ2n) is 13.0. The second-order valence-corrected chi connectivity index (χ2v) is 13.0. The van der Waals surface area contributed by atoms with E-state index in [1.165, 1.54) is 7.11 Å². The number of carbonyl (C=O) groups excluding carboxylic acids is 1. The Morgan fingerprint density at radius 1 is 0.627 bits per heavy atom. The number of rotatable bonds is 22. The summed E-state index contributed by atoms with van der Waals surface area (Å²) in [6, 6.07) is 40.8. The van der Waals surface area contributed by atoms with Crippen LogP contribution in [0.25, 0.3) is 0 Å². The molecule has 0 spiro atoms. The topological polar surface area (TPSA) is 81.7 Å². The first-order valence-corrected chi connectivity index (χ1v) is 17.6. The van der Waals surface area contributed by atoms with E-state index in [1.807, 2.05) is 91.9 Å². The van der Waals surface area contributed by atoms with Crippen LogP contribution >= 0.6 is 0 Å². The fourth-order valence-electron chi connectivity index (χ4n) is 6.89. The molecule has 6 atom stereocenters. The van der Waals surface area contributed by atoms with E-state index in [4.69, 9.17) is 33.2 Å². The molecule has 0 unspecified atom stereocenters. The molecule has 8 nitrogen and oxygen atoms in total. The Morgan fingerprint density at radius 3 is 1.59 bits per heavy atom. The monoisotopic (exact) mass is 698 g/mol. The summed E-state index contributed by atoms with van der Waals surface area (Å²) in [4.78, 5) is 12.4. The first-order valence-electron chi connectivity index (χ1n) is 17.6. The van der Waals surface area contributed by atoms with Gasteiger partial charge in [-0.1, -0.05) is 142 Å². The lowest BCUT2D eigenvalue weighted by molar-refractivity contribution is -0.186. The summed E-state index contributed by atoms with van der Waals surface area (Å²) in [6.07, 6.45) is -1.03. The van der Waals surface area contributed by atoms with Crippen LogP contribution in [0.15, 0.2) is 121 Å². The van der Waals surface area contributed by atoms with Crippen LogP contribution in [0.2, 0.25) is 0 Å². The van der Waals surface area contributed by atoms with Crippen molar-refractivity contribution in [1.29, 1.82) is 0 Å². The van der Waals surface area contributed by atoms with Crippen LogP contribution in [0.1, 0.15) is 49.4 Å². The molecule has 0 fully saturated rings. The summed E-state index contributed by atoms with van der Waals surface area (Å²) in [7, 11) is 4.69. The summed E-state index contributed by atoms with van der Waals surface area (Å²) >= 11 is 0.